The van der Waals surface area contributed by atoms with Gasteiger partial charge in [0.1, 0.15) is 12.0 Å². The molecule has 11 heteroatoms. The fourth-order valence-electron chi connectivity index (χ4n) is 3.79. The van der Waals surface area contributed by atoms with Gasteiger partial charge in [0.15, 0.2) is 5.96 Å². The van der Waals surface area contributed by atoms with Gasteiger partial charge in [0.25, 0.3) is 0 Å². The predicted octanol–water partition coefficient (Wildman–Crippen LogP) is 1.19. The van der Waals surface area contributed by atoms with Gasteiger partial charge in [-0.2, -0.15) is 4.31 Å². The van der Waals surface area contributed by atoms with Crippen molar-refractivity contribution in [1.82, 2.24) is 24.6 Å². The van der Waals surface area contributed by atoms with Gasteiger partial charge in [-0.05, 0) is 25.9 Å². The largest absolute Gasteiger partial charge is 0.364 e. The molecule has 0 amide bonds. The van der Waals surface area contributed by atoms with Crippen LogP contribution >= 0.6 is 24.0 Å². The summed E-state index contributed by atoms with van der Waals surface area (Å²) in [6.45, 7) is 6.40. The highest BCUT2D eigenvalue weighted by molar-refractivity contribution is 14.0. The molecule has 3 heterocycles. The number of rotatable bonds is 6. The third-order valence-corrected chi connectivity index (χ3v) is 7.19. The second kappa shape index (κ2) is 12.1. The highest BCUT2D eigenvalue weighted by atomic mass is 127. The van der Waals surface area contributed by atoms with Crippen molar-refractivity contribution < 1.29 is 12.9 Å². The molecule has 0 aliphatic carbocycles. The highest BCUT2D eigenvalue weighted by Crippen LogP contribution is 2.13. The van der Waals surface area contributed by atoms with E-state index in [2.05, 4.69) is 25.3 Å². The van der Waals surface area contributed by atoms with Gasteiger partial charge in [0.2, 0.25) is 10.0 Å². The van der Waals surface area contributed by atoms with Crippen LogP contribution in [-0.4, -0.2) is 93.0 Å². The van der Waals surface area contributed by atoms with Gasteiger partial charge < -0.3 is 19.6 Å². The van der Waals surface area contributed by atoms with E-state index in [1.807, 2.05) is 0 Å². The highest BCUT2D eigenvalue weighted by Gasteiger charge is 2.29. The van der Waals surface area contributed by atoms with E-state index in [1.165, 1.54) is 49.3 Å². The third-order valence-electron chi connectivity index (χ3n) is 5.37. The van der Waals surface area contributed by atoms with Gasteiger partial charge in [-0.3, -0.25) is 4.99 Å². The van der Waals surface area contributed by atoms with Crippen LogP contribution in [0.4, 0.5) is 0 Å². The molecule has 0 spiro atoms. The average molecular weight is 540 g/mol. The van der Waals surface area contributed by atoms with Crippen molar-refractivity contribution in [1.29, 1.82) is 0 Å². The summed E-state index contributed by atoms with van der Waals surface area (Å²) < 4.78 is 31.4. The zero-order valence-corrected chi connectivity index (χ0v) is 20.3. The third kappa shape index (κ3) is 7.37. The fraction of sp³-hybridized carbons (Fsp3) is 0.778. The van der Waals surface area contributed by atoms with Crippen LogP contribution in [-0.2, 0) is 15.8 Å². The number of nitrogens with zero attached hydrogens (tertiary/aromatic N) is 5. The number of hydrogen-bond acceptors (Lipinski definition) is 6. The van der Waals surface area contributed by atoms with Gasteiger partial charge in [-0.1, -0.05) is 18.0 Å². The smallest absolute Gasteiger partial charge is 0.220 e. The molecule has 0 atom stereocenters. The Kier molecular flexibility index (Phi) is 10.1. The van der Waals surface area contributed by atoms with E-state index in [4.69, 9.17) is 4.52 Å². The Balaban J connectivity index is 0.00000300. The molecule has 0 unspecified atom stereocenters. The van der Waals surface area contributed by atoms with Crippen LogP contribution in [0.2, 0.25) is 0 Å². The summed E-state index contributed by atoms with van der Waals surface area (Å²) in [5.74, 6) is 0.732. The first-order valence-electron chi connectivity index (χ1n) is 10.1. The van der Waals surface area contributed by atoms with E-state index in [0.717, 1.165) is 19.0 Å². The Labute approximate surface area is 190 Å². The quantitative estimate of drug-likeness (QED) is 0.329. The number of aliphatic imine (C=N–C) groups is 1. The molecule has 1 N–H and O–H groups in total. The molecule has 1 aromatic rings. The number of hydrogen-bond donors (Lipinski definition) is 1. The predicted molar refractivity (Wildman–Crippen MR) is 124 cm³/mol. The summed E-state index contributed by atoms with van der Waals surface area (Å²) in [7, 11) is -1.60. The first-order valence-corrected chi connectivity index (χ1v) is 11.7. The summed E-state index contributed by atoms with van der Waals surface area (Å²) in [5.41, 5.74) is 0.438. The van der Waals surface area contributed by atoms with Crippen molar-refractivity contribution in [2.75, 3.05) is 59.4 Å². The van der Waals surface area contributed by atoms with E-state index in [0.29, 0.717) is 31.9 Å². The van der Waals surface area contributed by atoms with Crippen molar-refractivity contribution in [3.63, 3.8) is 0 Å². The molecular formula is C18H33IN6O3S. The molecule has 9 nitrogen and oxygen atoms in total. The summed E-state index contributed by atoms with van der Waals surface area (Å²) in [6, 6.07) is 1.59. The topological polar surface area (TPSA) is 94.3 Å². The number of aromatic nitrogens is 1. The molecule has 2 saturated heterocycles. The lowest BCUT2D eigenvalue weighted by Crippen LogP contribution is -2.54. The number of guanidine groups is 1. The van der Waals surface area contributed by atoms with Gasteiger partial charge in [0, 0.05) is 52.4 Å². The van der Waals surface area contributed by atoms with E-state index in [-0.39, 0.29) is 29.7 Å². The van der Waals surface area contributed by atoms with E-state index in [9.17, 15) is 8.42 Å². The lowest BCUT2D eigenvalue weighted by atomic mass is 10.2. The molecule has 0 bridgehead atoms. The molecule has 0 radical (unpaired) electrons. The van der Waals surface area contributed by atoms with Crippen LogP contribution in [0.15, 0.2) is 21.8 Å². The molecule has 2 aliphatic heterocycles. The lowest BCUT2D eigenvalue weighted by Gasteiger charge is -2.36. The first-order chi connectivity index (χ1) is 13.6. The van der Waals surface area contributed by atoms with E-state index >= 15 is 0 Å². The molecular weight excluding hydrogens is 507 g/mol. The molecule has 166 valence electrons. The molecule has 1 aromatic heterocycles. The maximum atomic E-state index is 12.5. The fourth-order valence-corrected chi connectivity index (χ4v) is 5.21. The zero-order valence-electron chi connectivity index (χ0n) is 17.1. The Morgan fingerprint density at radius 3 is 2.41 bits per heavy atom. The van der Waals surface area contributed by atoms with Gasteiger partial charge >= 0.3 is 0 Å². The number of likely N-dealkylation sites (tertiary alicyclic amines) is 1. The Morgan fingerprint density at radius 1 is 1.14 bits per heavy atom. The van der Waals surface area contributed by atoms with Crippen molar-refractivity contribution in [2.24, 2.45) is 4.99 Å². The maximum absolute atomic E-state index is 12.5. The minimum absolute atomic E-state index is 0. The summed E-state index contributed by atoms with van der Waals surface area (Å²) in [6.07, 6.45) is 6.66. The van der Waals surface area contributed by atoms with Gasteiger partial charge in [-0.25, -0.2) is 8.42 Å². The van der Waals surface area contributed by atoms with Gasteiger partial charge in [-0.15, -0.1) is 24.0 Å². The second-order valence-electron chi connectivity index (χ2n) is 7.36. The Bertz CT molecular complexity index is 712. The molecule has 2 fully saturated rings. The van der Waals surface area contributed by atoms with Gasteiger partial charge in [0.05, 0.1) is 5.69 Å². The number of halogens is 1. The minimum atomic E-state index is -3.38. The second-order valence-corrected chi connectivity index (χ2v) is 9.33. The Hall–Kier alpha value is -0.920. The SMILES string of the molecule is CN=C(NCCN1CCCCCC1)N1CCN(S(=O)(=O)Cc2ccon2)CC1.I. The average Bonchev–Trinajstić information content (AvgIpc) is 3.05. The first kappa shape index (κ1) is 24.4. The normalized spacial score (nSPS) is 20.2. The van der Waals surface area contributed by atoms with E-state index in [1.54, 1.807) is 13.1 Å². The van der Waals surface area contributed by atoms with Crippen molar-refractivity contribution in [3.8, 4) is 0 Å². The molecule has 0 aromatic carbocycles. The number of sulfonamides is 1. The van der Waals surface area contributed by atoms with Crippen LogP contribution < -0.4 is 5.32 Å². The van der Waals surface area contributed by atoms with Crippen LogP contribution in [0.25, 0.3) is 0 Å². The molecule has 29 heavy (non-hydrogen) atoms. The number of piperazine rings is 1. The minimum Gasteiger partial charge on any atom is -0.364 e. The van der Waals surface area contributed by atoms with Crippen LogP contribution in [0.3, 0.4) is 0 Å². The lowest BCUT2D eigenvalue weighted by molar-refractivity contribution is 0.255. The van der Waals surface area contributed by atoms with Crippen molar-refractivity contribution in [3.05, 3.63) is 18.0 Å². The van der Waals surface area contributed by atoms with Crippen LogP contribution in [0.1, 0.15) is 31.4 Å². The molecule has 2 aliphatic rings. The zero-order chi connectivity index (χ0) is 19.8. The summed E-state index contributed by atoms with van der Waals surface area (Å²) in [5, 5.41) is 7.15. The summed E-state index contributed by atoms with van der Waals surface area (Å²) in [4.78, 5) is 9.03. The van der Waals surface area contributed by atoms with Crippen molar-refractivity contribution in [2.45, 2.75) is 31.4 Å². The van der Waals surface area contributed by atoms with E-state index < -0.39 is 10.0 Å². The van der Waals surface area contributed by atoms with Crippen LogP contribution in [0, 0.1) is 0 Å². The monoisotopic (exact) mass is 540 g/mol. The summed E-state index contributed by atoms with van der Waals surface area (Å²) >= 11 is 0. The van der Waals surface area contributed by atoms with Crippen LogP contribution in [0.5, 0.6) is 0 Å². The molecule has 0 saturated carbocycles. The molecule has 3 rings (SSSR count). The Morgan fingerprint density at radius 2 is 1.83 bits per heavy atom. The number of nitrogens with one attached hydrogen (secondary N) is 1. The van der Waals surface area contributed by atoms with Crippen molar-refractivity contribution >= 4 is 40.0 Å². The maximum Gasteiger partial charge on any atom is 0.220 e. The standard InChI is InChI=1S/C18H32N6O3S.HI/c1-19-18(20-7-10-22-8-4-2-3-5-9-22)23-11-13-24(14-12-23)28(25,26)16-17-6-15-27-21-17;/h6,15H,2-5,7-14,16H2,1H3,(H,19,20);1H.